The number of benzene rings is 1. The maximum atomic E-state index is 12.5. The molecule has 0 aliphatic carbocycles. The summed E-state index contributed by atoms with van der Waals surface area (Å²) in [5.41, 5.74) is 4.65. The van der Waals surface area contributed by atoms with Crippen LogP contribution in [-0.2, 0) is 0 Å². The minimum atomic E-state index is -0.427. The Morgan fingerprint density at radius 1 is 1.19 bits per heavy atom. The number of nitrogens with zero attached hydrogens (tertiary/aromatic N) is 3. The fourth-order valence-electron chi connectivity index (χ4n) is 2.29. The molecular formula is C16H17FN4. The van der Waals surface area contributed by atoms with Gasteiger partial charge in [-0.25, -0.2) is 9.37 Å². The van der Waals surface area contributed by atoms with Gasteiger partial charge in [-0.05, 0) is 13.8 Å². The first kappa shape index (κ1) is 13.5. The lowest BCUT2D eigenvalue weighted by Gasteiger charge is -2.09. The quantitative estimate of drug-likeness (QED) is 0.798. The summed E-state index contributed by atoms with van der Waals surface area (Å²) >= 11 is 0. The third-order valence-electron chi connectivity index (χ3n) is 3.53. The normalized spacial score (nSPS) is 11.0. The van der Waals surface area contributed by atoms with Gasteiger partial charge >= 0.3 is 0 Å². The molecular weight excluding hydrogens is 267 g/mol. The Bertz CT molecular complexity index is 765. The summed E-state index contributed by atoms with van der Waals surface area (Å²) in [5.74, 6) is 0.757. The molecule has 108 valence electrons. The second-order valence-corrected chi connectivity index (χ2v) is 4.95. The first-order valence-corrected chi connectivity index (χ1v) is 6.93. The van der Waals surface area contributed by atoms with Crippen LogP contribution >= 0.6 is 0 Å². The van der Waals surface area contributed by atoms with Crippen molar-refractivity contribution in [2.24, 2.45) is 0 Å². The molecule has 0 aliphatic rings. The summed E-state index contributed by atoms with van der Waals surface area (Å²) in [6.07, 6.45) is 0. The van der Waals surface area contributed by atoms with Crippen LogP contribution in [0, 0.1) is 13.8 Å². The van der Waals surface area contributed by atoms with Gasteiger partial charge < -0.3 is 5.32 Å². The molecule has 0 radical (unpaired) electrons. The van der Waals surface area contributed by atoms with Crippen LogP contribution in [0.5, 0.6) is 0 Å². The first-order valence-electron chi connectivity index (χ1n) is 6.93. The van der Waals surface area contributed by atoms with Gasteiger partial charge in [0.05, 0.1) is 11.4 Å². The Hall–Kier alpha value is -2.43. The van der Waals surface area contributed by atoms with Crippen molar-refractivity contribution in [1.82, 2.24) is 14.6 Å². The zero-order valence-electron chi connectivity index (χ0n) is 12.1. The molecule has 1 aromatic carbocycles. The number of halogens is 1. The van der Waals surface area contributed by atoms with Gasteiger partial charge in [0.25, 0.3) is 0 Å². The molecule has 1 N–H and O–H groups in total. The zero-order valence-corrected chi connectivity index (χ0v) is 12.1. The highest BCUT2D eigenvalue weighted by molar-refractivity contribution is 5.68. The van der Waals surface area contributed by atoms with Crippen LogP contribution in [0.4, 0.5) is 10.2 Å². The number of anilines is 1. The van der Waals surface area contributed by atoms with Gasteiger partial charge in [-0.2, -0.15) is 9.61 Å². The van der Waals surface area contributed by atoms with Crippen molar-refractivity contribution in [1.29, 1.82) is 0 Å². The highest BCUT2D eigenvalue weighted by Crippen LogP contribution is 2.24. The van der Waals surface area contributed by atoms with E-state index in [0.29, 0.717) is 0 Å². The van der Waals surface area contributed by atoms with E-state index < -0.39 is 6.67 Å². The summed E-state index contributed by atoms with van der Waals surface area (Å²) in [4.78, 5) is 4.70. The molecule has 0 atom stereocenters. The monoisotopic (exact) mass is 284 g/mol. The Balaban J connectivity index is 2.20. The minimum Gasteiger partial charge on any atom is -0.367 e. The molecule has 3 aromatic rings. The van der Waals surface area contributed by atoms with Crippen LogP contribution in [0.15, 0.2) is 36.4 Å². The van der Waals surface area contributed by atoms with Crippen LogP contribution in [-0.4, -0.2) is 27.8 Å². The molecule has 2 aromatic heterocycles. The van der Waals surface area contributed by atoms with Crippen molar-refractivity contribution in [2.75, 3.05) is 18.5 Å². The minimum absolute atomic E-state index is 0.255. The highest BCUT2D eigenvalue weighted by Gasteiger charge is 2.12. The number of nitrogens with one attached hydrogen (secondary N) is 1. The van der Waals surface area contributed by atoms with Gasteiger partial charge in [-0.1, -0.05) is 30.3 Å². The number of alkyl halides is 1. The topological polar surface area (TPSA) is 42.2 Å². The van der Waals surface area contributed by atoms with Crippen LogP contribution in [0.3, 0.4) is 0 Å². The molecule has 2 heterocycles. The summed E-state index contributed by atoms with van der Waals surface area (Å²) < 4.78 is 14.2. The molecule has 0 saturated heterocycles. The van der Waals surface area contributed by atoms with Crippen molar-refractivity contribution in [3.05, 3.63) is 47.7 Å². The van der Waals surface area contributed by atoms with E-state index in [1.165, 1.54) is 0 Å². The molecule has 3 rings (SSSR count). The van der Waals surface area contributed by atoms with E-state index >= 15 is 0 Å². The van der Waals surface area contributed by atoms with Crippen LogP contribution < -0.4 is 5.32 Å². The lowest BCUT2D eigenvalue weighted by Crippen LogP contribution is -2.09. The lowest BCUT2D eigenvalue weighted by molar-refractivity contribution is 0.512. The van der Waals surface area contributed by atoms with Gasteiger partial charge in [-0.15, -0.1) is 0 Å². The van der Waals surface area contributed by atoms with E-state index in [0.717, 1.165) is 34.0 Å². The smallest absolute Gasteiger partial charge is 0.161 e. The molecule has 0 bridgehead atoms. The molecule has 0 saturated carbocycles. The van der Waals surface area contributed by atoms with Gasteiger partial charge in [0, 0.05) is 23.7 Å². The van der Waals surface area contributed by atoms with Gasteiger partial charge in [-0.3, -0.25) is 0 Å². The maximum Gasteiger partial charge on any atom is 0.161 e. The van der Waals surface area contributed by atoms with E-state index in [-0.39, 0.29) is 6.54 Å². The molecule has 0 fully saturated rings. The average Bonchev–Trinajstić information content (AvgIpc) is 2.81. The SMILES string of the molecule is Cc1nn2c(NCCF)cc(-c3ccccc3)nc2c1C. The fraction of sp³-hybridized carbons (Fsp3) is 0.250. The second-order valence-electron chi connectivity index (χ2n) is 4.95. The van der Waals surface area contributed by atoms with E-state index in [1.807, 2.05) is 50.2 Å². The molecule has 4 nitrogen and oxygen atoms in total. The van der Waals surface area contributed by atoms with E-state index in [1.54, 1.807) is 4.52 Å². The molecule has 0 unspecified atom stereocenters. The number of aromatic nitrogens is 3. The van der Waals surface area contributed by atoms with Crippen molar-refractivity contribution >= 4 is 11.5 Å². The third kappa shape index (κ3) is 2.46. The van der Waals surface area contributed by atoms with E-state index in [2.05, 4.69) is 10.4 Å². The first-order chi connectivity index (χ1) is 10.2. The Morgan fingerprint density at radius 3 is 2.67 bits per heavy atom. The van der Waals surface area contributed by atoms with Gasteiger partial charge in [0.15, 0.2) is 5.65 Å². The van der Waals surface area contributed by atoms with Crippen molar-refractivity contribution in [3.63, 3.8) is 0 Å². The Labute approximate surface area is 122 Å². The third-order valence-corrected chi connectivity index (χ3v) is 3.53. The number of hydrogen-bond acceptors (Lipinski definition) is 3. The summed E-state index contributed by atoms with van der Waals surface area (Å²) in [6, 6.07) is 11.9. The summed E-state index contributed by atoms with van der Waals surface area (Å²) in [7, 11) is 0. The zero-order chi connectivity index (χ0) is 14.8. The number of fused-ring (bicyclic) bond motifs is 1. The standard InChI is InChI=1S/C16H17FN4/c1-11-12(2)20-21-15(18-9-8-17)10-14(19-16(11)21)13-6-4-3-5-7-13/h3-7,10,18H,8-9H2,1-2H3. The molecule has 0 aliphatic heterocycles. The average molecular weight is 284 g/mol. The van der Waals surface area contributed by atoms with Crippen molar-refractivity contribution < 1.29 is 4.39 Å². The second kappa shape index (κ2) is 5.52. The highest BCUT2D eigenvalue weighted by atomic mass is 19.1. The van der Waals surface area contributed by atoms with E-state index in [9.17, 15) is 4.39 Å². The molecule has 5 heteroatoms. The van der Waals surface area contributed by atoms with Crippen molar-refractivity contribution in [2.45, 2.75) is 13.8 Å². The predicted molar refractivity (Wildman–Crippen MR) is 82.4 cm³/mol. The van der Waals surface area contributed by atoms with Gasteiger partial charge in [0.1, 0.15) is 12.5 Å². The van der Waals surface area contributed by atoms with Gasteiger partial charge in [0.2, 0.25) is 0 Å². The lowest BCUT2D eigenvalue weighted by atomic mass is 10.1. The van der Waals surface area contributed by atoms with Crippen LogP contribution in [0.25, 0.3) is 16.9 Å². The van der Waals surface area contributed by atoms with Crippen LogP contribution in [0.2, 0.25) is 0 Å². The predicted octanol–water partition coefficient (Wildman–Crippen LogP) is 3.39. The Kier molecular flexibility index (Phi) is 3.56. The fourth-order valence-corrected chi connectivity index (χ4v) is 2.29. The maximum absolute atomic E-state index is 12.5. The molecule has 0 spiro atoms. The van der Waals surface area contributed by atoms with Crippen molar-refractivity contribution in [3.8, 4) is 11.3 Å². The van der Waals surface area contributed by atoms with E-state index in [4.69, 9.17) is 4.98 Å². The van der Waals surface area contributed by atoms with Crippen LogP contribution in [0.1, 0.15) is 11.3 Å². The molecule has 0 amide bonds. The Morgan fingerprint density at radius 2 is 1.95 bits per heavy atom. The summed E-state index contributed by atoms with van der Waals surface area (Å²) in [6.45, 7) is 3.78. The largest absolute Gasteiger partial charge is 0.367 e. The number of rotatable bonds is 4. The molecule has 21 heavy (non-hydrogen) atoms. The summed E-state index contributed by atoms with van der Waals surface area (Å²) in [5, 5.41) is 7.54. The number of hydrogen-bond donors (Lipinski definition) is 1. The number of aryl methyl sites for hydroxylation is 2.